The molecule has 0 saturated heterocycles. The highest BCUT2D eigenvalue weighted by molar-refractivity contribution is 5.43. The summed E-state index contributed by atoms with van der Waals surface area (Å²) in [6.45, 7) is 3.80. The smallest absolute Gasteiger partial charge is 0.119 e. The zero-order valence-electron chi connectivity index (χ0n) is 11.4. The van der Waals surface area contributed by atoms with Gasteiger partial charge >= 0.3 is 0 Å². The summed E-state index contributed by atoms with van der Waals surface area (Å²) < 4.78 is 5.64. The monoisotopic (exact) mass is 255 g/mol. The van der Waals surface area contributed by atoms with Crippen LogP contribution in [0.5, 0.6) is 5.75 Å². The number of hydrogen-bond acceptors (Lipinski definition) is 2. The molecule has 0 heterocycles. The Hall–Kier alpha value is -1.96. The van der Waals surface area contributed by atoms with Crippen LogP contribution in [0.3, 0.4) is 0 Å². The Kier molecular flexibility index (Phi) is 5.30. The first-order valence-corrected chi connectivity index (χ1v) is 6.89. The minimum absolute atomic E-state index is 0.804. The van der Waals surface area contributed by atoms with Gasteiger partial charge in [0.15, 0.2) is 0 Å². The molecular formula is C17H21NO. The van der Waals surface area contributed by atoms with Gasteiger partial charge in [0.25, 0.3) is 0 Å². The van der Waals surface area contributed by atoms with Crippen molar-refractivity contribution in [2.45, 2.75) is 26.3 Å². The lowest BCUT2D eigenvalue weighted by Gasteiger charge is -2.08. The van der Waals surface area contributed by atoms with Crippen molar-refractivity contribution in [2.75, 3.05) is 11.9 Å². The number of rotatable bonds is 7. The van der Waals surface area contributed by atoms with Gasteiger partial charge in [-0.25, -0.2) is 0 Å². The minimum atomic E-state index is 0.804. The van der Waals surface area contributed by atoms with E-state index in [0.29, 0.717) is 0 Å². The first-order valence-electron chi connectivity index (χ1n) is 6.89. The minimum Gasteiger partial charge on any atom is -0.494 e. The Bertz CT molecular complexity index is 464. The molecule has 0 aromatic heterocycles. The number of hydrogen-bond donors (Lipinski definition) is 1. The number of nitrogens with one attached hydrogen (secondary N) is 1. The highest BCUT2D eigenvalue weighted by Crippen LogP contribution is 2.14. The summed E-state index contributed by atoms with van der Waals surface area (Å²) in [6, 6.07) is 18.5. The van der Waals surface area contributed by atoms with Gasteiger partial charge in [0.1, 0.15) is 5.75 Å². The summed E-state index contributed by atoms with van der Waals surface area (Å²) >= 11 is 0. The van der Waals surface area contributed by atoms with E-state index in [4.69, 9.17) is 4.74 Å². The number of ether oxygens (including phenoxy) is 1. The number of anilines is 1. The molecule has 0 aliphatic heterocycles. The van der Waals surface area contributed by atoms with Crippen molar-refractivity contribution in [3.63, 3.8) is 0 Å². The van der Waals surface area contributed by atoms with Crippen molar-refractivity contribution in [3.8, 4) is 5.75 Å². The summed E-state index contributed by atoms with van der Waals surface area (Å²) in [5.41, 5.74) is 2.40. The van der Waals surface area contributed by atoms with Crippen LogP contribution in [0.15, 0.2) is 54.6 Å². The maximum atomic E-state index is 5.64. The lowest BCUT2D eigenvalue weighted by molar-refractivity contribution is 0.309. The molecular weight excluding hydrogens is 234 g/mol. The molecule has 2 rings (SSSR count). The van der Waals surface area contributed by atoms with Crippen LogP contribution in [0.4, 0.5) is 5.69 Å². The van der Waals surface area contributed by atoms with Gasteiger partial charge in [0.2, 0.25) is 0 Å². The molecule has 19 heavy (non-hydrogen) atoms. The molecule has 0 atom stereocenters. The molecule has 0 bridgehead atoms. The second-order valence-electron chi connectivity index (χ2n) is 4.57. The molecule has 100 valence electrons. The number of unbranched alkanes of at least 4 members (excludes halogenated alkanes) is 1. The number of para-hydroxylation sites is 1. The van der Waals surface area contributed by atoms with Crippen LogP contribution < -0.4 is 10.1 Å². The van der Waals surface area contributed by atoms with Crippen molar-refractivity contribution in [1.29, 1.82) is 0 Å². The molecule has 0 fully saturated rings. The van der Waals surface area contributed by atoms with Crippen LogP contribution >= 0.6 is 0 Å². The molecule has 0 spiro atoms. The van der Waals surface area contributed by atoms with Crippen LogP contribution in [0.1, 0.15) is 25.3 Å². The quantitative estimate of drug-likeness (QED) is 0.737. The predicted octanol–water partition coefficient (Wildman–Crippen LogP) is 4.48. The van der Waals surface area contributed by atoms with Crippen LogP contribution in [0.2, 0.25) is 0 Å². The average Bonchev–Trinajstić information content (AvgIpc) is 2.48. The van der Waals surface area contributed by atoms with E-state index in [1.165, 1.54) is 12.0 Å². The molecule has 2 aromatic carbocycles. The lowest BCUT2D eigenvalue weighted by atomic mass is 10.2. The third-order valence-electron chi connectivity index (χ3n) is 2.96. The molecule has 2 aromatic rings. The van der Waals surface area contributed by atoms with Gasteiger partial charge < -0.3 is 10.1 Å². The van der Waals surface area contributed by atoms with Crippen LogP contribution in [0.25, 0.3) is 0 Å². The van der Waals surface area contributed by atoms with E-state index in [9.17, 15) is 0 Å². The fourth-order valence-electron chi connectivity index (χ4n) is 1.80. The number of benzene rings is 2. The third kappa shape index (κ3) is 4.66. The summed E-state index contributed by atoms with van der Waals surface area (Å²) in [6.07, 6.45) is 2.27. The van der Waals surface area contributed by atoms with Crippen molar-refractivity contribution >= 4 is 5.69 Å². The van der Waals surface area contributed by atoms with Crippen LogP contribution in [0, 0.1) is 0 Å². The summed E-state index contributed by atoms with van der Waals surface area (Å²) in [4.78, 5) is 0. The first-order chi connectivity index (χ1) is 9.38. The maximum Gasteiger partial charge on any atom is 0.119 e. The van der Waals surface area contributed by atoms with Crippen LogP contribution in [-0.4, -0.2) is 6.61 Å². The molecule has 0 amide bonds. The molecule has 2 nitrogen and oxygen atoms in total. The van der Waals surface area contributed by atoms with E-state index < -0.39 is 0 Å². The Balaban J connectivity index is 1.81. The summed E-state index contributed by atoms with van der Waals surface area (Å²) in [5, 5.41) is 3.39. The Morgan fingerprint density at radius 3 is 2.37 bits per heavy atom. The van der Waals surface area contributed by atoms with Gasteiger partial charge in [-0.2, -0.15) is 0 Å². The highest BCUT2D eigenvalue weighted by atomic mass is 16.5. The van der Waals surface area contributed by atoms with Gasteiger partial charge in [-0.3, -0.25) is 0 Å². The molecule has 0 aliphatic rings. The largest absolute Gasteiger partial charge is 0.494 e. The molecule has 1 N–H and O–H groups in total. The normalized spacial score (nSPS) is 10.2. The fraction of sp³-hybridized carbons (Fsp3) is 0.294. The van der Waals surface area contributed by atoms with Crippen molar-refractivity contribution in [2.24, 2.45) is 0 Å². The molecule has 0 unspecified atom stereocenters. The second-order valence-corrected chi connectivity index (χ2v) is 4.57. The maximum absolute atomic E-state index is 5.64. The van der Waals surface area contributed by atoms with Gasteiger partial charge in [-0.05, 0) is 36.2 Å². The van der Waals surface area contributed by atoms with Crippen LogP contribution in [-0.2, 0) is 6.54 Å². The summed E-state index contributed by atoms with van der Waals surface area (Å²) in [5.74, 6) is 0.955. The van der Waals surface area contributed by atoms with E-state index >= 15 is 0 Å². The Morgan fingerprint density at radius 2 is 1.68 bits per heavy atom. The molecule has 2 heteroatoms. The second kappa shape index (κ2) is 7.47. The highest BCUT2D eigenvalue weighted by Gasteiger charge is 1.96. The SMILES string of the molecule is CCCCOc1ccc(CNc2ccccc2)cc1. The fourth-order valence-corrected chi connectivity index (χ4v) is 1.80. The Labute approximate surface area is 115 Å². The first kappa shape index (κ1) is 13.5. The van der Waals surface area contributed by atoms with Crippen molar-refractivity contribution < 1.29 is 4.74 Å². The zero-order valence-corrected chi connectivity index (χ0v) is 11.4. The summed E-state index contributed by atoms with van der Waals surface area (Å²) in [7, 11) is 0. The molecule has 0 radical (unpaired) electrons. The van der Waals surface area contributed by atoms with Gasteiger partial charge in [-0.15, -0.1) is 0 Å². The van der Waals surface area contributed by atoms with E-state index in [1.54, 1.807) is 0 Å². The standard InChI is InChI=1S/C17H21NO/c1-2-3-13-19-17-11-9-15(10-12-17)14-18-16-7-5-4-6-8-16/h4-12,18H,2-3,13-14H2,1H3. The topological polar surface area (TPSA) is 21.3 Å². The van der Waals surface area contributed by atoms with E-state index in [2.05, 4.69) is 36.5 Å². The van der Waals surface area contributed by atoms with E-state index in [-0.39, 0.29) is 0 Å². The third-order valence-corrected chi connectivity index (χ3v) is 2.96. The zero-order chi connectivity index (χ0) is 13.3. The molecule has 0 aliphatic carbocycles. The Morgan fingerprint density at radius 1 is 0.947 bits per heavy atom. The van der Waals surface area contributed by atoms with Crippen molar-refractivity contribution in [1.82, 2.24) is 0 Å². The average molecular weight is 255 g/mol. The lowest BCUT2D eigenvalue weighted by Crippen LogP contribution is -2.00. The van der Waals surface area contributed by atoms with Gasteiger partial charge in [-0.1, -0.05) is 43.7 Å². The van der Waals surface area contributed by atoms with Gasteiger partial charge in [0, 0.05) is 12.2 Å². The van der Waals surface area contributed by atoms with Crippen molar-refractivity contribution in [3.05, 3.63) is 60.2 Å². The van der Waals surface area contributed by atoms with E-state index in [1.807, 2.05) is 30.3 Å². The van der Waals surface area contributed by atoms with Gasteiger partial charge in [0.05, 0.1) is 6.61 Å². The predicted molar refractivity (Wildman–Crippen MR) is 80.6 cm³/mol. The molecule has 0 saturated carbocycles. The van der Waals surface area contributed by atoms with E-state index in [0.717, 1.165) is 31.0 Å².